The number of rotatable bonds is 28. The first-order chi connectivity index (χ1) is 32.3. The number of aliphatic carboxylic acids is 1. The van der Waals surface area contributed by atoms with Gasteiger partial charge in [-0.05, 0) is 68.7 Å². The number of aromatic nitrogens is 2. The first-order valence-corrected chi connectivity index (χ1v) is 23.1. The lowest BCUT2D eigenvalue weighted by Crippen LogP contribution is -2.62. The van der Waals surface area contributed by atoms with Crippen LogP contribution >= 0.6 is 0 Å². The number of hydrogen-bond acceptors (Lipinski definition) is 12. The van der Waals surface area contributed by atoms with Gasteiger partial charge >= 0.3 is 5.97 Å². The molecule has 0 radical (unpaired) electrons. The highest BCUT2D eigenvalue weighted by molar-refractivity contribution is 5.98. The molecule has 1 aliphatic heterocycles. The van der Waals surface area contributed by atoms with Crippen LogP contribution < -0.4 is 48.7 Å². The van der Waals surface area contributed by atoms with Crippen molar-refractivity contribution in [2.45, 2.75) is 135 Å². The minimum atomic E-state index is -1.34. The summed E-state index contributed by atoms with van der Waals surface area (Å²) in [6, 6.07) is -2.32. The third-order valence-electron chi connectivity index (χ3n) is 11.6. The predicted octanol–water partition coefficient (Wildman–Crippen LogP) is -1.34. The molecule has 0 spiro atoms. The maximum Gasteiger partial charge on any atom is 0.326 e. The molecule has 14 N–H and O–H groups in total. The van der Waals surface area contributed by atoms with Gasteiger partial charge in [0.2, 0.25) is 41.4 Å². The molecule has 1 aromatic carbocycles. The van der Waals surface area contributed by atoms with Gasteiger partial charge in [0.25, 0.3) is 0 Å². The standard InChI is InChI=1S/C45H71N13O10/c1-7-11-31(44(67)68)53-40(63)34-13-10-19-58(34)43(66)33(21-28-22-49-24-51-28)55-42(65)37(26(5)8-2)57-39(62)32(20-27-14-16-29(59)17-15-27)54-41(64)36(25(3)4)56-38(61)30(52-35(60)23-48-6)12-9-18-50-45(46)47/h14-17,22,24-26,30-34,36-37,48,59H,7-13,18-21,23H2,1-6H3,(H,49,51)(H,52,60)(H,53,63)(H,54,64)(H,55,65)(H,56,61)(H,57,62)(H,67,68)(H4,46,47,50)/t26-,30-,31-,32-,33-,34-,36-,37-/m0/s1. The molecular formula is C45H71N13O10. The quantitative estimate of drug-likeness (QED) is 0.0267. The molecule has 2 aromatic rings. The third-order valence-corrected chi connectivity index (χ3v) is 11.6. The number of benzene rings is 1. The van der Waals surface area contributed by atoms with E-state index in [0.29, 0.717) is 36.9 Å². The average Bonchev–Trinajstić information content (AvgIpc) is 4.01. The second-order valence-corrected chi connectivity index (χ2v) is 17.4. The van der Waals surface area contributed by atoms with Crippen molar-refractivity contribution >= 4 is 53.3 Å². The molecule has 0 saturated carbocycles. The highest BCUT2D eigenvalue weighted by Crippen LogP contribution is 2.21. The molecule has 23 heteroatoms. The third kappa shape index (κ3) is 17.5. The van der Waals surface area contributed by atoms with Gasteiger partial charge < -0.3 is 68.8 Å². The summed E-state index contributed by atoms with van der Waals surface area (Å²) < 4.78 is 0. The van der Waals surface area contributed by atoms with Gasteiger partial charge in [-0.2, -0.15) is 0 Å². The highest BCUT2D eigenvalue weighted by atomic mass is 16.4. The Morgan fingerprint density at radius 2 is 1.47 bits per heavy atom. The van der Waals surface area contributed by atoms with E-state index >= 15 is 0 Å². The molecule has 376 valence electrons. The summed E-state index contributed by atoms with van der Waals surface area (Å²) in [6.07, 6.45) is 4.97. The number of phenolic OH excluding ortho intramolecular Hbond substituents is 1. The average molecular weight is 954 g/mol. The number of aromatic amines is 1. The van der Waals surface area contributed by atoms with Gasteiger partial charge in [0.05, 0.1) is 12.9 Å². The van der Waals surface area contributed by atoms with Gasteiger partial charge in [-0.1, -0.05) is 59.6 Å². The number of nitrogens with two attached hydrogens (primary N) is 2. The first kappa shape index (κ1) is 55.5. The van der Waals surface area contributed by atoms with Crippen LogP contribution in [0.15, 0.2) is 41.8 Å². The molecular weight excluding hydrogens is 883 g/mol. The number of likely N-dealkylation sites (N-methyl/N-ethyl adjacent to an activating group) is 1. The van der Waals surface area contributed by atoms with Crippen LogP contribution in [0.2, 0.25) is 0 Å². The van der Waals surface area contributed by atoms with Crippen LogP contribution in [0.25, 0.3) is 0 Å². The second-order valence-electron chi connectivity index (χ2n) is 17.4. The molecule has 2 heterocycles. The lowest BCUT2D eigenvalue weighted by Gasteiger charge is -2.32. The Hall–Kier alpha value is -6.78. The van der Waals surface area contributed by atoms with Gasteiger partial charge in [0.15, 0.2) is 5.96 Å². The molecule has 0 unspecified atom stereocenters. The lowest BCUT2D eigenvalue weighted by molar-refractivity contribution is -0.145. The van der Waals surface area contributed by atoms with Crippen LogP contribution in [0.5, 0.6) is 5.75 Å². The fraction of sp³-hybridized carbons (Fsp3) is 0.600. The van der Waals surface area contributed by atoms with E-state index < -0.39 is 101 Å². The van der Waals surface area contributed by atoms with Crippen molar-refractivity contribution in [2.75, 3.05) is 26.7 Å². The number of aromatic hydroxyl groups is 1. The number of carbonyl (C=O) groups is 8. The summed E-state index contributed by atoms with van der Waals surface area (Å²) in [5.41, 5.74) is 11.9. The molecule has 1 fully saturated rings. The van der Waals surface area contributed by atoms with Crippen molar-refractivity contribution in [3.8, 4) is 5.75 Å². The molecule has 68 heavy (non-hydrogen) atoms. The number of H-pyrrole nitrogens is 1. The number of carboxylic acid groups (broad SMARTS) is 1. The zero-order chi connectivity index (χ0) is 50.5. The van der Waals surface area contributed by atoms with E-state index in [2.05, 4.69) is 52.2 Å². The molecule has 3 rings (SSSR count). The number of guanidine groups is 1. The zero-order valence-electron chi connectivity index (χ0n) is 39.8. The van der Waals surface area contributed by atoms with E-state index in [9.17, 15) is 48.6 Å². The molecule has 1 aliphatic rings. The number of nitrogens with zero attached hydrogens (tertiary/aromatic N) is 3. The van der Waals surface area contributed by atoms with Gasteiger partial charge in [0.1, 0.15) is 48.0 Å². The molecule has 0 bridgehead atoms. The summed E-state index contributed by atoms with van der Waals surface area (Å²) in [5, 5.41) is 38.7. The van der Waals surface area contributed by atoms with Crippen LogP contribution in [0.3, 0.4) is 0 Å². The summed E-state index contributed by atoms with van der Waals surface area (Å²) in [6.45, 7) is 8.97. The van der Waals surface area contributed by atoms with Crippen LogP contribution in [-0.2, 0) is 51.2 Å². The Labute approximate surface area is 396 Å². The van der Waals surface area contributed by atoms with Crippen LogP contribution in [0.1, 0.15) is 90.8 Å². The number of carboxylic acids is 1. The molecule has 0 aliphatic carbocycles. The maximum atomic E-state index is 14.5. The number of aliphatic imine (C=N–C) groups is 1. The minimum absolute atomic E-state index is 0.0365. The van der Waals surface area contributed by atoms with Crippen molar-refractivity contribution in [1.29, 1.82) is 0 Å². The smallest absolute Gasteiger partial charge is 0.326 e. The van der Waals surface area contributed by atoms with Crippen molar-refractivity contribution in [3.63, 3.8) is 0 Å². The predicted molar refractivity (Wildman–Crippen MR) is 251 cm³/mol. The summed E-state index contributed by atoms with van der Waals surface area (Å²) in [4.78, 5) is 121. The van der Waals surface area contributed by atoms with Gasteiger partial charge in [0, 0.05) is 37.8 Å². The van der Waals surface area contributed by atoms with Crippen LogP contribution in [-0.4, -0.2) is 147 Å². The van der Waals surface area contributed by atoms with Crippen LogP contribution in [0, 0.1) is 11.8 Å². The fourth-order valence-corrected chi connectivity index (χ4v) is 7.66. The van der Waals surface area contributed by atoms with Crippen molar-refractivity contribution < 1.29 is 48.6 Å². The Morgan fingerprint density at radius 1 is 0.824 bits per heavy atom. The monoisotopic (exact) mass is 954 g/mol. The van der Waals surface area contributed by atoms with E-state index in [1.165, 1.54) is 29.6 Å². The molecule has 23 nitrogen and oxygen atoms in total. The molecule has 8 atom stereocenters. The van der Waals surface area contributed by atoms with E-state index in [1.54, 1.807) is 46.9 Å². The van der Waals surface area contributed by atoms with E-state index in [0.717, 1.165) is 0 Å². The highest BCUT2D eigenvalue weighted by Gasteiger charge is 2.41. The topological polar surface area (TPSA) is 358 Å². The molecule has 7 amide bonds. The Morgan fingerprint density at radius 3 is 2.06 bits per heavy atom. The van der Waals surface area contributed by atoms with Crippen molar-refractivity contribution in [2.24, 2.45) is 28.3 Å². The van der Waals surface area contributed by atoms with Crippen molar-refractivity contribution in [1.82, 2.24) is 52.1 Å². The number of imidazole rings is 1. The Balaban J connectivity index is 1.92. The Bertz CT molecular complexity index is 2030. The van der Waals surface area contributed by atoms with E-state index in [4.69, 9.17) is 11.5 Å². The number of likely N-dealkylation sites (tertiary alicyclic amines) is 1. The molecule has 1 aromatic heterocycles. The van der Waals surface area contributed by atoms with Gasteiger partial charge in [-0.25, -0.2) is 9.78 Å². The summed E-state index contributed by atoms with van der Waals surface area (Å²) >= 11 is 0. The summed E-state index contributed by atoms with van der Waals surface area (Å²) in [5.74, 6) is -7.00. The van der Waals surface area contributed by atoms with Crippen molar-refractivity contribution in [3.05, 3.63) is 48.0 Å². The van der Waals surface area contributed by atoms with E-state index in [-0.39, 0.29) is 63.4 Å². The van der Waals surface area contributed by atoms with Gasteiger partial charge in [-0.3, -0.25) is 38.6 Å². The summed E-state index contributed by atoms with van der Waals surface area (Å²) in [7, 11) is 1.57. The number of hydrogen-bond donors (Lipinski definition) is 12. The maximum absolute atomic E-state index is 14.5. The fourth-order valence-electron chi connectivity index (χ4n) is 7.66. The second kappa shape index (κ2) is 27.8. The zero-order valence-corrected chi connectivity index (χ0v) is 39.8. The lowest BCUT2D eigenvalue weighted by atomic mass is 9.96. The number of amides is 7. The first-order valence-electron chi connectivity index (χ1n) is 23.1. The molecule has 1 saturated heterocycles. The number of phenols is 1. The number of nitrogens with one attached hydrogen (secondary N) is 8. The minimum Gasteiger partial charge on any atom is -0.508 e. The normalized spacial score (nSPS) is 16.5. The largest absolute Gasteiger partial charge is 0.508 e. The Kier molecular flexibility index (Phi) is 22.7. The SMILES string of the molecule is CCC[C@H](NC(=O)[C@@H]1CCCN1C(=O)[C@H](Cc1cnc[nH]1)NC(=O)[C@@H](NC(=O)[C@H](Cc1ccc(O)cc1)NC(=O)[C@@H](NC(=O)[C@H](CCCN=C(N)N)NC(=O)CNC)C(C)C)[C@@H](C)CC)C(=O)O. The van der Waals surface area contributed by atoms with Gasteiger partial charge in [-0.15, -0.1) is 0 Å². The van der Waals surface area contributed by atoms with E-state index in [1.807, 2.05) is 6.92 Å². The number of carbonyl (C=O) groups excluding carboxylic acids is 7. The van der Waals surface area contributed by atoms with Crippen LogP contribution in [0.4, 0.5) is 0 Å².